The summed E-state index contributed by atoms with van der Waals surface area (Å²) in [7, 11) is 0. The number of benzene rings is 2. The Kier molecular flexibility index (Phi) is 4.72. The number of para-hydroxylation sites is 1. The van der Waals surface area contributed by atoms with Crippen LogP contribution in [0.5, 0.6) is 5.75 Å². The quantitative estimate of drug-likeness (QED) is 0.492. The molecule has 4 rings (SSSR count). The number of ether oxygens (including phenoxy) is 1. The second-order valence-electron chi connectivity index (χ2n) is 6.31. The number of amides is 1. The van der Waals surface area contributed by atoms with Gasteiger partial charge in [0.05, 0.1) is 27.2 Å². The zero-order valence-electron chi connectivity index (χ0n) is 14.4. The molecular weight excluding hydrogens is 366 g/mol. The molecule has 1 amide bonds. The minimum atomic E-state index is -0.488. The van der Waals surface area contributed by atoms with Crippen LogP contribution < -0.4 is 4.74 Å². The van der Waals surface area contributed by atoms with Crippen molar-refractivity contribution in [2.45, 2.75) is 18.9 Å². The number of non-ortho nitro benzene ring substituents is 1. The molecule has 27 heavy (non-hydrogen) atoms. The molecule has 1 atom stereocenters. The summed E-state index contributed by atoms with van der Waals surface area (Å²) in [6, 6.07) is 13.8. The summed E-state index contributed by atoms with van der Waals surface area (Å²) in [5.74, 6) is 0.177. The number of hydrogen-bond acceptors (Lipinski definition) is 6. The Morgan fingerprint density at radius 1 is 1.30 bits per heavy atom. The molecule has 8 heteroatoms. The molecule has 0 bridgehead atoms. The lowest BCUT2D eigenvalue weighted by Gasteiger charge is -2.23. The number of carbonyl (C=O) groups is 1. The van der Waals surface area contributed by atoms with Crippen molar-refractivity contribution in [3.05, 3.63) is 63.7 Å². The molecule has 0 saturated carbocycles. The van der Waals surface area contributed by atoms with E-state index >= 15 is 0 Å². The van der Waals surface area contributed by atoms with Gasteiger partial charge in [-0.25, -0.2) is 4.98 Å². The summed E-state index contributed by atoms with van der Waals surface area (Å²) >= 11 is 1.61. The maximum Gasteiger partial charge on any atom is 0.273 e. The van der Waals surface area contributed by atoms with Gasteiger partial charge in [0.1, 0.15) is 10.8 Å². The van der Waals surface area contributed by atoms with E-state index in [4.69, 9.17) is 4.74 Å². The van der Waals surface area contributed by atoms with Crippen LogP contribution in [0.4, 0.5) is 5.69 Å². The molecule has 0 unspecified atom stereocenters. The minimum absolute atomic E-state index is 0.0383. The molecular formula is C19H17N3O4S. The first-order valence-corrected chi connectivity index (χ1v) is 9.45. The molecule has 0 spiro atoms. The number of aromatic nitrogens is 1. The maximum atomic E-state index is 12.7. The second kappa shape index (κ2) is 7.32. The van der Waals surface area contributed by atoms with E-state index in [9.17, 15) is 14.9 Å². The topological polar surface area (TPSA) is 85.6 Å². The van der Waals surface area contributed by atoms with E-state index in [1.54, 1.807) is 22.3 Å². The van der Waals surface area contributed by atoms with Gasteiger partial charge in [-0.1, -0.05) is 18.2 Å². The van der Waals surface area contributed by atoms with Crippen molar-refractivity contribution in [3.63, 3.8) is 0 Å². The van der Waals surface area contributed by atoms with Crippen LogP contribution in [0.25, 0.3) is 10.2 Å². The molecule has 7 nitrogen and oxygen atoms in total. The first-order valence-electron chi connectivity index (χ1n) is 8.64. The Hall–Kier alpha value is -3.00. The molecule has 3 aromatic rings. The fourth-order valence-corrected chi connectivity index (χ4v) is 4.38. The van der Waals surface area contributed by atoms with Gasteiger partial charge in [0, 0.05) is 12.6 Å². The standard InChI is InChI=1S/C19H17N3O4S/c23-18(12-26-14-6-3-5-13(11-14)22(24)25)21-10-4-8-16(21)19-20-15-7-1-2-9-17(15)27-19/h1-3,5-7,9,11,16H,4,8,10,12H2/t16-/m1/s1. The van der Waals surface area contributed by atoms with Gasteiger partial charge in [-0.15, -0.1) is 11.3 Å². The SMILES string of the molecule is O=C(COc1cccc([N+](=O)[O-])c1)N1CCC[C@@H]1c1nc2ccccc2s1. The lowest BCUT2D eigenvalue weighted by molar-refractivity contribution is -0.384. The number of carbonyl (C=O) groups excluding carboxylic acids is 1. The van der Waals surface area contributed by atoms with Crippen molar-refractivity contribution in [1.82, 2.24) is 9.88 Å². The predicted octanol–water partition coefficient (Wildman–Crippen LogP) is 3.95. The fourth-order valence-electron chi connectivity index (χ4n) is 3.27. The van der Waals surface area contributed by atoms with Gasteiger partial charge in [0.25, 0.3) is 11.6 Å². The monoisotopic (exact) mass is 383 g/mol. The highest BCUT2D eigenvalue weighted by Gasteiger charge is 2.32. The number of nitrogens with zero attached hydrogens (tertiary/aromatic N) is 3. The summed E-state index contributed by atoms with van der Waals surface area (Å²) in [4.78, 5) is 29.5. The number of thiazole rings is 1. The summed E-state index contributed by atoms with van der Waals surface area (Å²) in [5.41, 5.74) is 0.887. The van der Waals surface area contributed by atoms with Gasteiger partial charge in [0.15, 0.2) is 6.61 Å². The molecule has 2 heterocycles. The Morgan fingerprint density at radius 2 is 2.15 bits per heavy atom. The van der Waals surface area contributed by atoms with Crippen LogP contribution in [0.3, 0.4) is 0 Å². The van der Waals surface area contributed by atoms with Gasteiger partial charge in [-0.2, -0.15) is 0 Å². The van der Waals surface area contributed by atoms with E-state index in [-0.39, 0.29) is 24.2 Å². The molecule has 0 radical (unpaired) electrons. The number of nitro benzene ring substituents is 1. The Balaban J connectivity index is 1.46. The van der Waals surface area contributed by atoms with Crippen LogP contribution in [0.2, 0.25) is 0 Å². The third kappa shape index (κ3) is 3.61. The van der Waals surface area contributed by atoms with E-state index in [2.05, 4.69) is 4.98 Å². The van der Waals surface area contributed by atoms with Gasteiger partial charge in [-0.05, 0) is 31.0 Å². The highest BCUT2D eigenvalue weighted by atomic mass is 32.1. The second-order valence-corrected chi connectivity index (χ2v) is 7.37. The number of hydrogen-bond donors (Lipinski definition) is 0. The highest BCUT2D eigenvalue weighted by molar-refractivity contribution is 7.18. The molecule has 0 N–H and O–H groups in total. The van der Waals surface area contributed by atoms with Crippen LogP contribution in [-0.2, 0) is 4.79 Å². The van der Waals surface area contributed by atoms with Crippen LogP contribution >= 0.6 is 11.3 Å². The van der Waals surface area contributed by atoms with Crippen LogP contribution in [-0.4, -0.2) is 33.9 Å². The molecule has 1 saturated heterocycles. The summed E-state index contributed by atoms with van der Waals surface area (Å²) in [6.45, 7) is 0.514. The fraction of sp³-hybridized carbons (Fsp3) is 0.263. The van der Waals surface area contributed by atoms with Crippen LogP contribution in [0, 0.1) is 10.1 Å². The average Bonchev–Trinajstić information content (AvgIpc) is 3.32. The third-order valence-electron chi connectivity index (χ3n) is 4.56. The van der Waals surface area contributed by atoms with Crippen LogP contribution in [0.15, 0.2) is 48.5 Å². The average molecular weight is 383 g/mol. The maximum absolute atomic E-state index is 12.7. The zero-order chi connectivity index (χ0) is 18.8. The first-order chi connectivity index (χ1) is 13.1. The molecule has 1 aromatic heterocycles. The molecule has 1 aliphatic heterocycles. The lowest BCUT2D eigenvalue weighted by atomic mass is 10.2. The normalized spacial score (nSPS) is 16.6. The number of nitro groups is 1. The summed E-state index contributed by atoms with van der Waals surface area (Å²) in [6.07, 6.45) is 1.80. The number of likely N-dealkylation sites (tertiary alicyclic amines) is 1. The van der Waals surface area contributed by atoms with Crippen molar-refractivity contribution >= 4 is 33.1 Å². The molecule has 0 aliphatic carbocycles. The molecule has 2 aromatic carbocycles. The predicted molar refractivity (Wildman–Crippen MR) is 102 cm³/mol. The van der Waals surface area contributed by atoms with E-state index in [1.165, 1.54) is 18.2 Å². The highest BCUT2D eigenvalue weighted by Crippen LogP contribution is 2.36. The van der Waals surface area contributed by atoms with E-state index in [1.807, 2.05) is 24.3 Å². The molecule has 138 valence electrons. The first kappa shape index (κ1) is 17.4. The molecule has 1 fully saturated rings. The lowest BCUT2D eigenvalue weighted by Crippen LogP contribution is -2.34. The van der Waals surface area contributed by atoms with Crippen molar-refractivity contribution < 1.29 is 14.5 Å². The van der Waals surface area contributed by atoms with Crippen molar-refractivity contribution in [1.29, 1.82) is 0 Å². The van der Waals surface area contributed by atoms with Crippen molar-refractivity contribution in [2.24, 2.45) is 0 Å². The number of rotatable bonds is 5. The largest absolute Gasteiger partial charge is 0.484 e. The summed E-state index contributed by atoms with van der Waals surface area (Å²) in [5, 5.41) is 11.8. The van der Waals surface area contributed by atoms with Gasteiger partial charge in [-0.3, -0.25) is 14.9 Å². The third-order valence-corrected chi connectivity index (χ3v) is 5.70. The van der Waals surface area contributed by atoms with Gasteiger partial charge in [0.2, 0.25) is 0 Å². The van der Waals surface area contributed by atoms with Crippen molar-refractivity contribution in [2.75, 3.05) is 13.2 Å². The van der Waals surface area contributed by atoms with E-state index in [0.717, 1.165) is 28.1 Å². The molecule has 1 aliphatic rings. The smallest absolute Gasteiger partial charge is 0.273 e. The zero-order valence-corrected chi connectivity index (χ0v) is 15.2. The Labute approximate surface area is 159 Å². The van der Waals surface area contributed by atoms with Crippen molar-refractivity contribution in [3.8, 4) is 5.75 Å². The Bertz CT molecular complexity index is 970. The van der Waals surface area contributed by atoms with Gasteiger partial charge < -0.3 is 9.64 Å². The van der Waals surface area contributed by atoms with E-state index < -0.39 is 4.92 Å². The number of fused-ring (bicyclic) bond motifs is 1. The minimum Gasteiger partial charge on any atom is -0.484 e. The van der Waals surface area contributed by atoms with E-state index in [0.29, 0.717) is 12.3 Å². The van der Waals surface area contributed by atoms with Gasteiger partial charge >= 0.3 is 0 Å². The Morgan fingerprint density at radius 3 is 2.96 bits per heavy atom. The van der Waals surface area contributed by atoms with Crippen LogP contribution in [0.1, 0.15) is 23.9 Å². The summed E-state index contributed by atoms with van der Waals surface area (Å²) < 4.78 is 6.61.